The van der Waals surface area contributed by atoms with Crippen molar-refractivity contribution in [2.45, 2.75) is 33.4 Å². The molecule has 0 atom stereocenters. The second kappa shape index (κ2) is 7.75. The zero-order chi connectivity index (χ0) is 15.9. The van der Waals surface area contributed by atoms with Gasteiger partial charge in [-0.05, 0) is 30.5 Å². The van der Waals surface area contributed by atoms with E-state index < -0.39 is 0 Å². The number of hydrogen-bond acceptors (Lipinski definition) is 3. The summed E-state index contributed by atoms with van der Waals surface area (Å²) in [5, 5.41) is 7.14. The molecule has 0 aliphatic rings. The quantitative estimate of drug-likeness (QED) is 0.800. The lowest BCUT2D eigenvalue weighted by Gasteiger charge is -2.11. The summed E-state index contributed by atoms with van der Waals surface area (Å²) in [7, 11) is 1.77. The number of amides is 1. The second-order valence-electron chi connectivity index (χ2n) is 5.30. The molecule has 0 saturated carbocycles. The van der Waals surface area contributed by atoms with E-state index in [0.29, 0.717) is 18.8 Å². The summed E-state index contributed by atoms with van der Waals surface area (Å²) in [5.74, 6) is -0.118. The van der Waals surface area contributed by atoms with Gasteiger partial charge in [0.25, 0.3) is 5.91 Å². The minimum absolute atomic E-state index is 0.118. The summed E-state index contributed by atoms with van der Waals surface area (Å²) < 4.78 is 7.19. The predicted octanol–water partition coefficient (Wildman–Crippen LogP) is 2.59. The first-order valence-corrected chi connectivity index (χ1v) is 7.55. The van der Waals surface area contributed by atoms with E-state index >= 15 is 0 Å². The van der Waals surface area contributed by atoms with Crippen LogP contribution in [0, 0.1) is 6.92 Å². The molecule has 0 fully saturated rings. The zero-order valence-corrected chi connectivity index (χ0v) is 13.4. The third-order valence-electron chi connectivity index (χ3n) is 3.40. The average Bonchev–Trinajstić information content (AvgIpc) is 2.85. The van der Waals surface area contributed by atoms with E-state index in [1.165, 1.54) is 0 Å². The first-order valence-electron chi connectivity index (χ1n) is 7.55. The van der Waals surface area contributed by atoms with Crippen LogP contribution in [0.5, 0.6) is 0 Å². The number of ether oxygens (including phenoxy) is 1. The van der Waals surface area contributed by atoms with Gasteiger partial charge in [-0.3, -0.25) is 9.48 Å². The highest BCUT2D eigenvalue weighted by Crippen LogP contribution is 2.11. The van der Waals surface area contributed by atoms with Crippen molar-refractivity contribution in [2.75, 3.05) is 6.61 Å². The third kappa shape index (κ3) is 4.18. The van der Waals surface area contributed by atoms with E-state index in [0.717, 1.165) is 29.8 Å². The molecule has 0 aliphatic heterocycles. The standard InChI is InChI=1S/C17H23N3O2/c1-4-9-22-12-15-8-6-5-7-14(15)11-18-17(21)16-10-13(2)19-20(16)3/h5-8,10H,4,9,11-12H2,1-3H3,(H,18,21). The molecule has 2 rings (SSSR count). The first-order chi connectivity index (χ1) is 10.6. The average molecular weight is 301 g/mol. The molecular weight excluding hydrogens is 278 g/mol. The first kappa shape index (κ1) is 16.2. The van der Waals surface area contributed by atoms with Crippen LogP contribution in [0.3, 0.4) is 0 Å². The summed E-state index contributed by atoms with van der Waals surface area (Å²) in [5.41, 5.74) is 3.58. The number of benzene rings is 1. The monoisotopic (exact) mass is 301 g/mol. The molecule has 0 aliphatic carbocycles. The van der Waals surface area contributed by atoms with Crippen molar-refractivity contribution >= 4 is 5.91 Å². The summed E-state index contributed by atoms with van der Waals surface area (Å²) in [4.78, 5) is 12.2. The van der Waals surface area contributed by atoms with Crippen molar-refractivity contribution < 1.29 is 9.53 Å². The van der Waals surface area contributed by atoms with E-state index in [-0.39, 0.29) is 5.91 Å². The van der Waals surface area contributed by atoms with Crippen LogP contribution in [0.1, 0.15) is 40.7 Å². The summed E-state index contributed by atoms with van der Waals surface area (Å²) >= 11 is 0. The van der Waals surface area contributed by atoms with Crippen LogP contribution < -0.4 is 5.32 Å². The SMILES string of the molecule is CCCOCc1ccccc1CNC(=O)c1cc(C)nn1C. The van der Waals surface area contributed by atoms with Gasteiger partial charge in [-0.1, -0.05) is 31.2 Å². The Morgan fingerprint density at radius 1 is 1.32 bits per heavy atom. The Kier molecular flexibility index (Phi) is 5.72. The molecule has 0 saturated heterocycles. The number of carbonyl (C=O) groups is 1. The molecule has 0 spiro atoms. The molecule has 2 aromatic rings. The number of nitrogens with zero attached hydrogens (tertiary/aromatic N) is 2. The second-order valence-corrected chi connectivity index (χ2v) is 5.30. The molecule has 5 heteroatoms. The molecule has 1 aromatic carbocycles. The van der Waals surface area contributed by atoms with Gasteiger partial charge in [-0.25, -0.2) is 0 Å². The number of hydrogen-bond donors (Lipinski definition) is 1. The van der Waals surface area contributed by atoms with Gasteiger partial charge >= 0.3 is 0 Å². The smallest absolute Gasteiger partial charge is 0.269 e. The molecular formula is C17H23N3O2. The maximum atomic E-state index is 12.2. The molecule has 0 unspecified atom stereocenters. The summed E-state index contributed by atoms with van der Waals surface area (Å²) in [6.07, 6.45) is 0.999. The van der Waals surface area contributed by atoms with E-state index in [9.17, 15) is 4.79 Å². The lowest BCUT2D eigenvalue weighted by molar-refractivity contribution is 0.0940. The van der Waals surface area contributed by atoms with Crippen LogP contribution in [0.25, 0.3) is 0 Å². The summed E-state index contributed by atoms with van der Waals surface area (Å²) in [6.45, 7) is 5.76. The Bertz CT molecular complexity index is 635. The molecule has 22 heavy (non-hydrogen) atoms. The number of carbonyl (C=O) groups excluding carboxylic acids is 1. The highest BCUT2D eigenvalue weighted by Gasteiger charge is 2.12. The van der Waals surface area contributed by atoms with Crippen LogP contribution in [0.15, 0.2) is 30.3 Å². The molecule has 1 aromatic heterocycles. The fourth-order valence-corrected chi connectivity index (χ4v) is 2.29. The number of nitrogens with one attached hydrogen (secondary N) is 1. The Hall–Kier alpha value is -2.14. The highest BCUT2D eigenvalue weighted by atomic mass is 16.5. The molecule has 118 valence electrons. The van der Waals surface area contributed by atoms with Crippen molar-refractivity contribution in [1.82, 2.24) is 15.1 Å². The van der Waals surface area contributed by atoms with E-state index in [2.05, 4.69) is 17.3 Å². The van der Waals surface area contributed by atoms with Crippen LogP contribution >= 0.6 is 0 Å². The fourth-order valence-electron chi connectivity index (χ4n) is 2.29. The van der Waals surface area contributed by atoms with Gasteiger partial charge in [-0.15, -0.1) is 0 Å². The van der Waals surface area contributed by atoms with Crippen molar-refractivity contribution in [3.05, 3.63) is 52.8 Å². The minimum Gasteiger partial charge on any atom is -0.377 e. The Morgan fingerprint density at radius 3 is 2.68 bits per heavy atom. The van der Waals surface area contributed by atoms with Crippen molar-refractivity contribution in [1.29, 1.82) is 0 Å². The fraction of sp³-hybridized carbons (Fsp3) is 0.412. The zero-order valence-electron chi connectivity index (χ0n) is 13.4. The van der Waals surface area contributed by atoms with Gasteiger partial charge in [0, 0.05) is 20.2 Å². The Balaban J connectivity index is 1.99. The van der Waals surface area contributed by atoms with E-state index in [1.807, 2.05) is 31.2 Å². The third-order valence-corrected chi connectivity index (χ3v) is 3.40. The van der Waals surface area contributed by atoms with Crippen molar-refractivity contribution in [3.8, 4) is 0 Å². The molecule has 0 bridgehead atoms. The lowest BCUT2D eigenvalue weighted by Crippen LogP contribution is -2.25. The number of aromatic nitrogens is 2. The molecule has 1 N–H and O–H groups in total. The normalized spacial score (nSPS) is 10.7. The van der Waals surface area contributed by atoms with Gasteiger partial charge in [0.05, 0.1) is 12.3 Å². The molecule has 1 heterocycles. The van der Waals surface area contributed by atoms with Gasteiger partial charge in [0.1, 0.15) is 5.69 Å². The molecule has 1 amide bonds. The van der Waals surface area contributed by atoms with Gasteiger partial charge in [0.2, 0.25) is 0 Å². The maximum Gasteiger partial charge on any atom is 0.269 e. The van der Waals surface area contributed by atoms with Gasteiger partial charge in [0.15, 0.2) is 0 Å². The highest BCUT2D eigenvalue weighted by molar-refractivity contribution is 5.92. The topological polar surface area (TPSA) is 56.1 Å². The van der Waals surface area contributed by atoms with Crippen LogP contribution in [-0.2, 0) is 24.9 Å². The van der Waals surface area contributed by atoms with Gasteiger partial charge in [-0.2, -0.15) is 5.10 Å². The van der Waals surface area contributed by atoms with Crippen LogP contribution in [0.2, 0.25) is 0 Å². The van der Waals surface area contributed by atoms with Gasteiger partial charge < -0.3 is 10.1 Å². The number of rotatable bonds is 7. The Labute approximate surface area is 131 Å². The minimum atomic E-state index is -0.118. The van der Waals surface area contributed by atoms with Crippen molar-refractivity contribution in [3.63, 3.8) is 0 Å². The largest absolute Gasteiger partial charge is 0.377 e. The Morgan fingerprint density at radius 2 is 2.05 bits per heavy atom. The van der Waals surface area contributed by atoms with E-state index in [1.54, 1.807) is 17.8 Å². The number of aryl methyl sites for hydroxylation is 2. The molecule has 5 nitrogen and oxygen atoms in total. The predicted molar refractivity (Wildman–Crippen MR) is 85.5 cm³/mol. The van der Waals surface area contributed by atoms with Crippen LogP contribution in [-0.4, -0.2) is 22.3 Å². The van der Waals surface area contributed by atoms with Crippen LogP contribution in [0.4, 0.5) is 0 Å². The molecule has 0 radical (unpaired) electrons. The van der Waals surface area contributed by atoms with Crippen molar-refractivity contribution in [2.24, 2.45) is 7.05 Å². The van der Waals surface area contributed by atoms with E-state index in [4.69, 9.17) is 4.74 Å². The lowest BCUT2D eigenvalue weighted by atomic mass is 10.1. The maximum absolute atomic E-state index is 12.2. The summed E-state index contributed by atoms with van der Waals surface area (Å²) in [6, 6.07) is 9.79.